The van der Waals surface area contributed by atoms with Gasteiger partial charge in [0.1, 0.15) is 10.8 Å². The Bertz CT molecular complexity index is 1070. The molecule has 1 N–H and O–H groups in total. The number of fused-ring (bicyclic) bond motifs is 2. The van der Waals surface area contributed by atoms with Crippen molar-refractivity contribution in [3.63, 3.8) is 0 Å². The minimum atomic E-state index is 0.122. The smallest absolute Gasteiger partial charge is 0.233 e. The van der Waals surface area contributed by atoms with Gasteiger partial charge in [0.25, 0.3) is 0 Å². The van der Waals surface area contributed by atoms with E-state index < -0.39 is 0 Å². The predicted molar refractivity (Wildman–Crippen MR) is 116 cm³/mol. The van der Waals surface area contributed by atoms with Crippen molar-refractivity contribution < 1.29 is 4.79 Å². The number of H-pyrrole nitrogens is 1. The number of nitrogens with one attached hydrogen (secondary N) is 1. The van der Waals surface area contributed by atoms with Crippen molar-refractivity contribution in [1.82, 2.24) is 19.9 Å². The number of benzene rings is 2. The van der Waals surface area contributed by atoms with Gasteiger partial charge in [-0.1, -0.05) is 24.3 Å². The number of imidazole rings is 1. The number of rotatable bonds is 5. The highest BCUT2D eigenvalue weighted by atomic mass is 32.2. The molecule has 0 aliphatic carbocycles. The molecule has 28 heavy (non-hydrogen) atoms. The van der Waals surface area contributed by atoms with Gasteiger partial charge >= 0.3 is 0 Å². The maximum Gasteiger partial charge on any atom is 0.233 e. The van der Waals surface area contributed by atoms with Crippen LogP contribution in [-0.4, -0.2) is 38.1 Å². The van der Waals surface area contributed by atoms with Crippen molar-refractivity contribution in [2.24, 2.45) is 0 Å². The van der Waals surface area contributed by atoms with E-state index in [2.05, 4.69) is 16.0 Å². The van der Waals surface area contributed by atoms with Crippen molar-refractivity contribution in [2.75, 3.05) is 12.3 Å². The quantitative estimate of drug-likeness (QED) is 0.517. The number of carbonyl (C=O) groups is 1. The number of carbonyl (C=O) groups excluding carboxylic acids is 1. The standard InChI is InChI=1S/C21H20N4OS2/c26-20(13-27-12-19-22-14-6-1-2-7-15(14)23-19)25-11-5-9-17(25)21-24-16-8-3-4-10-18(16)28-21/h1-4,6-8,10,17H,5,9,11-13H2,(H,22,23). The second-order valence-electron chi connectivity index (χ2n) is 6.96. The molecule has 1 fully saturated rings. The van der Waals surface area contributed by atoms with E-state index in [1.165, 1.54) is 4.70 Å². The number of likely N-dealkylation sites (tertiary alicyclic amines) is 1. The summed E-state index contributed by atoms with van der Waals surface area (Å²) in [5.74, 6) is 2.30. The Morgan fingerprint density at radius 1 is 1.14 bits per heavy atom. The molecule has 0 bridgehead atoms. The van der Waals surface area contributed by atoms with Gasteiger partial charge in [-0.3, -0.25) is 4.79 Å². The molecule has 1 aliphatic rings. The third kappa shape index (κ3) is 3.40. The number of thioether (sulfide) groups is 1. The van der Waals surface area contributed by atoms with Crippen LogP contribution < -0.4 is 0 Å². The largest absolute Gasteiger partial charge is 0.341 e. The van der Waals surface area contributed by atoms with Gasteiger partial charge in [0, 0.05) is 6.54 Å². The third-order valence-electron chi connectivity index (χ3n) is 5.07. The van der Waals surface area contributed by atoms with Gasteiger partial charge in [0.2, 0.25) is 5.91 Å². The lowest BCUT2D eigenvalue weighted by molar-refractivity contribution is -0.129. The third-order valence-corrected chi connectivity index (χ3v) is 7.14. The maximum absolute atomic E-state index is 12.9. The Morgan fingerprint density at radius 2 is 1.96 bits per heavy atom. The van der Waals surface area contributed by atoms with Crippen LogP contribution in [-0.2, 0) is 10.5 Å². The normalized spacial score (nSPS) is 17.0. The zero-order chi connectivity index (χ0) is 18.9. The summed E-state index contributed by atoms with van der Waals surface area (Å²) < 4.78 is 1.19. The molecular formula is C21H20N4OS2. The Balaban J connectivity index is 1.24. The molecule has 1 aliphatic heterocycles. The Kier molecular flexibility index (Phi) is 4.78. The van der Waals surface area contributed by atoms with Gasteiger partial charge in [0.15, 0.2) is 0 Å². The number of aromatic amines is 1. The van der Waals surface area contributed by atoms with Gasteiger partial charge in [-0.15, -0.1) is 23.1 Å². The van der Waals surface area contributed by atoms with Crippen LogP contribution in [0, 0.1) is 0 Å². The molecule has 142 valence electrons. The molecule has 5 nitrogen and oxygen atoms in total. The Hall–Kier alpha value is -2.38. The van der Waals surface area contributed by atoms with Crippen LogP contribution in [0.25, 0.3) is 21.3 Å². The van der Waals surface area contributed by atoms with Crippen molar-refractivity contribution in [3.05, 3.63) is 59.4 Å². The Labute approximate surface area is 171 Å². The summed E-state index contributed by atoms with van der Waals surface area (Å²) >= 11 is 3.33. The van der Waals surface area contributed by atoms with E-state index in [0.717, 1.165) is 46.8 Å². The molecule has 1 unspecified atom stereocenters. The van der Waals surface area contributed by atoms with E-state index >= 15 is 0 Å². The number of aromatic nitrogens is 3. The maximum atomic E-state index is 12.9. The molecule has 2 aromatic heterocycles. The fourth-order valence-corrected chi connectivity index (χ4v) is 5.63. The van der Waals surface area contributed by atoms with Crippen molar-refractivity contribution in [3.8, 4) is 0 Å². The lowest BCUT2D eigenvalue weighted by atomic mass is 10.2. The molecule has 7 heteroatoms. The van der Waals surface area contributed by atoms with E-state index in [1.807, 2.05) is 47.4 Å². The second kappa shape index (κ2) is 7.56. The predicted octanol–water partition coefficient (Wildman–Crippen LogP) is 4.77. The molecule has 1 amide bonds. The van der Waals surface area contributed by atoms with E-state index in [-0.39, 0.29) is 11.9 Å². The number of para-hydroxylation sites is 3. The first kappa shape index (κ1) is 17.7. The Morgan fingerprint density at radius 3 is 2.82 bits per heavy atom. The molecule has 5 rings (SSSR count). The van der Waals surface area contributed by atoms with E-state index in [4.69, 9.17) is 4.98 Å². The topological polar surface area (TPSA) is 61.9 Å². The van der Waals surface area contributed by atoms with Gasteiger partial charge in [0.05, 0.1) is 38.8 Å². The highest BCUT2D eigenvalue weighted by molar-refractivity contribution is 7.99. The summed E-state index contributed by atoms with van der Waals surface area (Å²) in [7, 11) is 0. The number of nitrogens with zero attached hydrogens (tertiary/aromatic N) is 3. The van der Waals surface area contributed by atoms with E-state index in [0.29, 0.717) is 11.5 Å². The SMILES string of the molecule is O=C(CSCc1nc2ccccc2[nH]1)N1CCCC1c1nc2ccccc2s1. The van der Waals surface area contributed by atoms with Crippen molar-refractivity contribution >= 4 is 50.3 Å². The molecule has 2 aromatic carbocycles. The van der Waals surface area contributed by atoms with Crippen LogP contribution in [0.15, 0.2) is 48.5 Å². The van der Waals surface area contributed by atoms with Crippen molar-refractivity contribution in [2.45, 2.75) is 24.6 Å². The molecule has 0 saturated carbocycles. The van der Waals surface area contributed by atoms with E-state index in [1.54, 1.807) is 23.1 Å². The first-order valence-corrected chi connectivity index (χ1v) is 11.4. The molecule has 1 saturated heterocycles. The van der Waals surface area contributed by atoms with Gasteiger partial charge in [-0.25, -0.2) is 9.97 Å². The van der Waals surface area contributed by atoms with Crippen LogP contribution >= 0.6 is 23.1 Å². The summed E-state index contributed by atoms with van der Waals surface area (Å²) in [5.41, 5.74) is 3.04. The number of thiazole rings is 1. The first-order chi connectivity index (χ1) is 13.8. The summed E-state index contributed by atoms with van der Waals surface area (Å²) in [6.45, 7) is 0.824. The van der Waals surface area contributed by atoms with Crippen LogP contribution in [0.2, 0.25) is 0 Å². The highest BCUT2D eigenvalue weighted by Crippen LogP contribution is 2.36. The molecule has 1 atom stereocenters. The summed E-state index contributed by atoms with van der Waals surface area (Å²) in [4.78, 5) is 27.6. The molecule has 0 spiro atoms. The summed E-state index contributed by atoms with van der Waals surface area (Å²) in [5, 5.41) is 1.06. The monoisotopic (exact) mass is 408 g/mol. The zero-order valence-electron chi connectivity index (χ0n) is 15.3. The fourth-order valence-electron chi connectivity index (χ4n) is 3.75. The summed E-state index contributed by atoms with van der Waals surface area (Å²) in [6, 6.07) is 16.3. The lowest BCUT2D eigenvalue weighted by Gasteiger charge is -2.22. The van der Waals surface area contributed by atoms with Crippen LogP contribution in [0.1, 0.15) is 29.7 Å². The first-order valence-electron chi connectivity index (χ1n) is 9.44. The van der Waals surface area contributed by atoms with Gasteiger partial charge in [-0.05, 0) is 37.1 Å². The molecule has 0 radical (unpaired) electrons. The second-order valence-corrected chi connectivity index (χ2v) is 9.01. The fraction of sp³-hybridized carbons (Fsp3) is 0.286. The number of hydrogen-bond donors (Lipinski definition) is 1. The number of hydrogen-bond acceptors (Lipinski definition) is 5. The highest BCUT2D eigenvalue weighted by Gasteiger charge is 2.32. The van der Waals surface area contributed by atoms with Gasteiger partial charge in [-0.2, -0.15) is 0 Å². The molecular weight excluding hydrogens is 388 g/mol. The average molecular weight is 409 g/mol. The van der Waals surface area contributed by atoms with Crippen molar-refractivity contribution in [1.29, 1.82) is 0 Å². The average Bonchev–Trinajstić information content (AvgIpc) is 3.43. The lowest BCUT2D eigenvalue weighted by Crippen LogP contribution is -2.32. The van der Waals surface area contributed by atoms with E-state index in [9.17, 15) is 4.79 Å². The van der Waals surface area contributed by atoms with Crippen LogP contribution in [0.3, 0.4) is 0 Å². The molecule has 4 aromatic rings. The minimum absolute atomic E-state index is 0.122. The zero-order valence-corrected chi connectivity index (χ0v) is 16.9. The minimum Gasteiger partial charge on any atom is -0.341 e. The van der Waals surface area contributed by atoms with Gasteiger partial charge < -0.3 is 9.88 Å². The summed E-state index contributed by atoms with van der Waals surface area (Å²) in [6.07, 6.45) is 2.04. The number of amides is 1. The van der Waals surface area contributed by atoms with Crippen LogP contribution in [0.5, 0.6) is 0 Å². The van der Waals surface area contributed by atoms with Crippen LogP contribution in [0.4, 0.5) is 0 Å². The molecule has 3 heterocycles.